The summed E-state index contributed by atoms with van der Waals surface area (Å²) in [5.41, 5.74) is 0.952. The predicted octanol–water partition coefficient (Wildman–Crippen LogP) is 4.17. The van der Waals surface area contributed by atoms with Crippen LogP contribution in [0.4, 0.5) is 5.69 Å². The average molecular weight is 490 g/mol. The Bertz CT molecular complexity index is 1100. The molecule has 0 bridgehead atoms. The van der Waals surface area contributed by atoms with Gasteiger partial charge in [0.05, 0.1) is 11.3 Å². The number of carbonyl (C=O) groups is 1. The number of anilines is 1. The van der Waals surface area contributed by atoms with Crippen LogP contribution in [-0.2, 0) is 10.0 Å². The zero-order chi connectivity index (χ0) is 24.2. The van der Waals surface area contributed by atoms with Crippen LogP contribution >= 0.6 is 11.9 Å². The summed E-state index contributed by atoms with van der Waals surface area (Å²) in [4.78, 5) is 14.7. The molecule has 0 aromatic heterocycles. The molecule has 3 rings (SSSR count). The molecule has 7 nitrogen and oxygen atoms in total. The van der Waals surface area contributed by atoms with Crippen LogP contribution in [0.1, 0.15) is 43.5 Å². The fourth-order valence-corrected chi connectivity index (χ4v) is 5.84. The van der Waals surface area contributed by atoms with Gasteiger partial charge in [-0.15, -0.1) is 0 Å². The van der Waals surface area contributed by atoms with Crippen molar-refractivity contribution in [2.75, 3.05) is 24.1 Å². The third-order valence-corrected chi connectivity index (χ3v) is 7.49. The van der Waals surface area contributed by atoms with Gasteiger partial charge in [-0.3, -0.25) is 9.52 Å². The van der Waals surface area contributed by atoms with Crippen LogP contribution in [-0.4, -0.2) is 55.0 Å². The van der Waals surface area contributed by atoms with E-state index in [1.165, 1.54) is 6.08 Å². The Labute approximate surface area is 200 Å². The highest BCUT2D eigenvalue weighted by atomic mass is 32.2. The number of rotatable bonds is 7. The number of sulfonamides is 1. The largest absolute Gasteiger partial charge is 0.390 e. The average Bonchev–Trinajstić information content (AvgIpc) is 2.75. The van der Waals surface area contributed by atoms with Gasteiger partial charge < -0.3 is 10.0 Å². The van der Waals surface area contributed by atoms with Gasteiger partial charge in [-0.25, -0.2) is 12.8 Å². The van der Waals surface area contributed by atoms with Gasteiger partial charge in [0.25, 0.3) is 15.9 Å². The molecule has 33 heavy (non-hydrogen) atoms. The van der Waals surface area contributed by atoms with E-state index < -0.39 is 15.6 Å². The third-order valence-electron chi connectivity index (χ3n) is 5.71. The van der Waals surface area contributed by atoms with Crippen molar-refractivity contribution < 1.29 is 18.3 Å². The van der Waals surface area contributed by atoms with Crippen molar-refractivity contribution in [3.63, 3.8) is 0 Å². The molecular formula is C24H31N3O4S2. The quantitative estimate of drug-likeness (QED) is 0.560. The second-order valence-corrected chi connectivity index (χ2v) is 11.0. The molecule has 178 valence electrons. The van der Waals surface area contributed by atoms with Crippen LogP contribution in [0.2, 0.25) is 0 Å². The van der Waals surface area contributed by atoms with Gasteiger partial charge in [0, 0.05) is 30.6 Å². The van der Waals surface area contributed by atoms with E-state index >= 15 is 0 Å². The lowest BCUT2D eigenvalue weighted by atomic mass is 9.84. The van der Waals surface area contributed by atoms with Crippen LogP contribution in [0.5, 0.6) is 0 Å². The number of hydrogen-bond acceptors (Lipinski definition) is 6. The number of hydrogen-bond donors (Lipinski definition) is 2. The Hall–Kier alpha value is -2.36. The van der Waals surface area contributed by atoms with Gasteiger partial charge in [-0.2, -0.15) is 0 Å². The fraction of sp³-hybridized carbons (Fsp3) is 0.417. The summed E-state index contributed by atoms with van der Waals surface area (Å²) >= 11 is 1.16. The summed E-state index contributed by atoms with van der Waals surface area (Å²) in [6.45, 7) is 9.03. The molecule has 1 aliphatic carbocycles. The van der Waals surface area contributed by atoms with E-state index in [1.807, 2.05) is 0 Å². The zero-order valence-corrected chi connectivity index (χ0v) is 20.9. The number of amides is 1. The first-order valence-corrected chi connectivity index (χ1v) is 13.5. The number of allylic oxidation sites excluding steroid dienone is 5. The van der Waals surface area contributed by atoms with E-state index in [0.29, 0.717) is 54.4 Å². The molecule has 1 saturated heterocycles. The summed E-state index contributed by atoms with van der Waals surface area (Å²) in [5, 5.41) is 10.7. The standard InChI is InChI=1S/C24H31N3O4S2/c1-17(2)16-24(29)12-14-27(15-13-24)23(28)19-8-10-20(11-9-19)26-33(30,31)21-7-5-6-18(3)22(21)25-32-4/h5-11,17,26,29H,3,12-16H2,1-2,4H3/b25-22+. The van der Waals surface area contributed by atoms with Crippen molar-refractivity contribution in [3.8, 4) is 0 Å². The van der Waals surface area contributed by atoms with Crippen LogP contribution in [0, 0.1) is 5.92 Å². The lowest BCUT2D eigenvalue weighted by Crippen LogP contribution is -2.47. The van der Waals surface area contributed by atoms with E-state index in [2.05, 4.69) is 29.5 Å². The van der Waals surface area contributed by atoms with Crippen LogP contribution in [0.3, 0.4) is 0 Å². The highest BCUT2D eigenvalue weighted by molar-refractivity contribution is 7.98. The molecule has 1 amide bonds. The molecule has 0 spiro atoms. The second-order valence-electron chi connectivity index (χ2n) is 8.84. The van der Waals surface area contributed by atoms with Crippen molar-refractivity contribution >= 4 is 39.3 Å². The summed E-state index contributed by atoms with van der Waals surface area (Å²) in [6.07, 6.45) is 8.41. The molecule has 0 radical (unpaired) electrons. The van der Waals surface area contributed by atoms with E-state index in [9.17, 15) is 18.3 Å². The third kappa shape index (κ3) is 6.16. The Kier molecular flexibility index (Phi) is 7.87. The van der Waals surface area contributed by atoms with Gasteiger partial charge >= 0.3 is 0 Å². The minimum atomic E-state index is -3.89. The summed E-state index contributed by atoms with van der Waals surface area (Å²) in [6, 6.07) is 6.37. The molecule has 1 aromatic carbocycles. The second kappa shape index (κ2) is 10.3. The minimum Gasteiger partial charge on any atom is -0.390 e. The highest BCUT2D eigenvalue weighted by Gasteiger charge is 2.34. The number of carbonyl (C=O) groups excluding carboxylic acids is 1. The first-order chi connectivity index (χ1) is 15.5. The summed E-state index contributed by atoms with van der Waals surface area (Å²) < 4.78 is 32.6. The van der Waals surface area contributed by atoms with E-state index in [0.717, 1.165) is 18.4 Å². The van der Waals surface area contributed by atoms with Crippen LogP contribution in [0.25, 0.3) is 0 Å². The number of benzene rings is 1. The van der Waals surface area contributed by atoms with Gasteiger partial charge in [0.1, 0.15) is 4.91 Å². The monoisotopic (exact) mass is 489 g/mol. The molecule has 9 heteroatoms. The predicted molar refractivity (Wildman–Crippen MR) is 136 cm³/mol. The molecule has 1 fully saturated rings. The molecule has 0 atom stereocenters. The first-order valence-electron chi connectivity index (χ1n) is 10.9. The topological polar surface area (TPSA) is 99.1 Å². The van der Waals surface area contributed by atoms with Crippen molar-refractivity contribution in [2.24, 2.45) is 10.3 Å². The Balaban J connectivity index is 1.68. The van der Waals surface area contributed by atoms with Crippen molar-refractivity contribution in [3.05, 3.63) is 65.1 Å². The summed E-state index contributed by atoms with van der Waals surface area (Å²) in [5.74, 6) is 0.275. The molecule has 1 aromatic rings. The minimum absolute atomic E-state index is 0.0479. The van der Waals surface area contributed by atoms with Gasteiger partial charge in [-0.05, 0) is 73.0 Å². The zero-order valence-electron chi connectivity index (χ0n) is 19.2. The fourth-order valence-electron chi connectivity index (χ4n) is 4.14. The number of aliphatic hydroxyl groups is 1. The van der Waals surface area contributed by atoms with Crippen LogP contribution in [0.15, 0.2) is 63.9 Å². The lowest BCUT2D eigenvalue weighted by Gasteiger charge is -2.39. The van der Waals surface area contributed by atoms with Gasteiger partial charge in [0.15, 0.2) is 0 Å². The maximum atomic E-state index is 12.9. The molecule has 2 aliphatic rings. The Morgan fingerprint density at radius 3 is 2.48 bits per heavy atom. The van der Waals surface area contributed by atoms with Gasteiger partial charge in [-0.1, -0.05) is 32.6 Å². The maximum Gasteiger partial charge on any atom is 0.264 e. The first kappa shape index (κ1) is 25.3. The maximum absolute atomic E-state index is 12.9. The number of piperidine rings is 1. The molecular weight excluding hydrogens is 458 g/mol. The normalized spacial score (nSPS) is 19.7. The molecule has 2 N–H and O–H groups in total. The van der Waals surface area contributed by atoms with E-state index in [1.54, 1.807) is 47.6 Å². The van der Waals surface area contributed by atoms with Crippen molar-refractivity contribution in [1.29, 1.82) is 0 Å². The van der Waals surface area contributed by atoms with Crippen molar-refractivity contribution in [2.45, 2.75) is 38.7 Å². The van der Waals surface area contributed by atoms with E-state index in [4.69, 9.17) is 0 Å². The Morgan fingerprint density at radius 2 is 1.91 bits per heavy atom. The van der Waals surface area contributed by atoms with E-state index in [-0.39, 0.29) is 10.8 Å². The highest BCUT2D eigenvalue weighted by Crippen LogP contribution is 2.30. The molecule has 1 heterocycles. The van der Waals surface area contributed by atoms with Gasteiger partial charge in [0.2, 0.25) is 0 Å². The Morgan fingerprint density at radius 1 is 1.27 bits per heavy atom. The lowest BCUT2D eigenvalue weighted by molar-refractivity contribution is -0.0311. The number of nitrogens with zero attached hydrogens (tertiary/aromatic N) is 2. The van der Waals surface area contributed by atoms with Crippen LogP contribution < -0.4 is 4.72 Å². The van der Waals surface area contributed by atoms with Crippen molar-refractivity contribution in [1.82, 2.24) is 4.90 Å². The number of nitrogens with one attached hydrogen (secondary N) is 1. The molecule has 1 aliphatic heterocycles. The summed E-state index contributed by atoms with van der Waals surface area (Å²) in [7, 11) is -3.89. The SMILES string of the molecule is C=C1C=CC=C(S(=O)(=O)Nc2ccc(C(=O)N3CCC(O)(CC(C)C)CC3)cc2)/C1=N/SC. The number of likely N-dealkylation sites (tertiary alicyclic amines) is 1. The molecule has 0 saturated carbocycles. The smallest absolute Gasteiger partial charge is 0.264 e. The molecule has 0 unspecified atom stereocenters.